The Kier molecular flexibility index (Phi) is 4.53. The van der Waals surface area contributed by atoms with Gasteiger partial charge < -0.3 is 10.3 Å². The van der Waals surface area contributed by atoms with E-state index in [0.29, 0.717) is 5.57 Å². The number of carbonyl (C=O) groups excluding carboxylic acids is 1. The number of aromatic nitrogens is 1. The van der Waals surface area contributed by atoms with E-state index in [0.717, 1.165) is 0 Å². The molecule has 66 valence electrons. The molecule has 1 aromatic heterocycles. The molecule has 0 saturated heterocycles. The SMILES string of the molecule is C=C(C)C(N)=O.Cn1cccc1. The molecule has 0 bridgehead atoms. The van der Waals surface area contributed by atoms with Crippen LogP contribution in [0, 0.1) is 0 Å². The first-order valence-corrected chi connectivity index (χ1v) is 3.56. The lowest BCUT2D eigenvalue weighted by Crippen LogP contribution is -2.10. The number of rotatable bonds is 1. The minimum Gasteiger partial charge on any atom is -0.366 e. The monoisotopic (exact) mass is 166 g/mol. The maximum absolute atomic E-state index is 9.82. The van der Waals surface area contributed by atoms with Crippen LogP contribution in [0.4, 0.5) is 0 Å². The molecule has 3 nitrogen and oxygen atoms in total. The molecule has 1 amide bonds. The number of nitrogens with two attached hydrogens (primary N) is 1. The Morgan fingerprint density at radius 2 is 1.75 bits per heavy atom. The molecule has 2 N–H and O–H groups in total. The summed E-state index contributed by atoms with van der Waals surface area (Å²) in [5.74, 6) is -0.435. The third kappa shape index (κ3) is 5.29. The van der Waals surface area contributed by atoms with E-state index >= 15 is 0 Å². The zero-order valence-corrected chi connectivity index (χ0v) is 7.45. The molecule has 0 saturated carbocycles. The molecule has 0 aliphatic carbocycles. The fourth-order valence-electron chi connectivity index (χ4n) is 0.421. The van der Waals surface area contributed by atoms with Gasteiger partial charge in [-0.05, 0) is 19.1 Å². The van der Waals surface area contributed by atoms with E-state index in [1.165, 1.54) is 0 Å². The van der Waals surface area contributed by atoms with Crippen molar-refractivity contribution in [1.82, 2.24) is 4.57 Å². The molecule has 12 heavy (non-hydrogen) atoms. The van der Waals surface area contributed by atoms with Crippen molar-refractivity contribution in [2.24, 2.45) is 12.8 Å². The van der Waals surface area contributed by atoms with E-state index in [4.69, 9.17) is 5.73 Å². The highest BCUT2D eigenvalue weighted by molar-refractivity contribution is 5.90. The van der Waals surface area contributed by atoms with Crippen LogP contribution in [-0.4, -0.2) is 10.5 Å². The summed E-state index contributed by atoms with van der Waals surface area (Å²) < 4.78 is 2.00. The Hall–Kier alpha value is -1.51. The van der Waals surface area contributed by atoms with Gasteiger partial charge in [0.2, 0.25) is 5.91 Å². The lowest BCUT2D eigenvalue weighted by atomic mass is 10.3. The highest BCUT2D eigenvalue weighted by atomic mass is 16.1. The van der Waals surface area contributed by atoms with E-state index in [9.17, 15) is 4.79 Å². The number of primary amides is 1. The van der Waals surface area contributed by atoms with Gasteiger partial charge in [-0.1, -0.05) is 6.58 Å². The molecule has 0 unspecified atom stereocenters. The second-order valence-corrected chi connectivity index (χ2v) is 2.49. The summed E-state index contributed by atoms with van der Waals surface area (Å²) in [6.07, 6.45) is 4.00. The van der Waals surface area contributed by atoms with Crippen molar-refractivity contribution in [3.8, 4) is 0 Å². The van der Waals surface area contributed by atoms with Crippen molar-refractivity contribution in [2.75, 3.05) is 0 Å². The maximum Gasteiger partial charge on any atom is 0.243 e. The van der Waals surface area contributed by atoms with Crippen LogP contribution in [0.25, 0.3) is 0 Å². The molecule has 1 rings (SSSR count). The van der Waals surface area contributed by atoms with E-state index in [1.54, 1.807) is 6.92 Å². The van der Waals surface area contributed by atoms with E-state index in [-0.39, 0.29) is 0 Å². The van der Waals surface area contributed by atoms with Gasteiger partial charge in [-0.15, -0.1) is 0 Å². The predicted octanol–water partition coefficient (Wildman–Crippen LogP) is 1.07. The van der Waals surface area contributed by atoms with Crippen LogP contribution in [0.2, 0.25) is 0 Å². The molecular formula is C9H14N2O. The average Bonchev–Trinajstić information content (AvgIpc) is 2.40. The van der Waals surface area contributed by atoms with Crippen LogP contribution in [0.5, 0.6) is 0 Å². The van der Waals surface area contributed by atoms with Gasteiger partial charge in [-0.25, -0.2) is 0 Å². The predicted molar refractivity (Wildman–Crippen MR) is 49.4 cm³/mol. The van der Waals surface area contributed by atoms with E-state index < -0.39 is 5.91 Å². The maximum atomic E-state index is 9.82. The summed E-state index contributed by atoms with van der Waals surface area (Å²) in [6.45, 7) is 4.85. The van der Waals surface area contributed by atoms with E-state index in [2.05, 4.69) is 6.58 Å². The van der Waals surface area contributed by atoms with Crippen LogP contribution in [0.3, 0.4) is 0 Å². The third-order valence-electron chi connectivity index (χ3n) is 1.17. The van der Waals surface area contributed by atoms with Crippen molar-refractivity contribution in [3.63, 3.8) is 0 Å². The summed E-state index contributed by atoms with van der Waals surface area (Å²) in [4.78, 5) is 9.82. The van der Waals surface area contributed by atoms with Gasteiger partial charge in [0.1, 0.15) is 0 Å². The summed E-state index contributed by atoms with van der Waals surface area (Å²) in [5, 5.41) is 0. The molecule has 0 fully saturated rings. The quantitative estimate of drug-likeness (QED) is 0.623. The standard InChI is InChI=1S/C5H7N.C4H7NO/c1-6-4-2-3-5-6;1-3(2)4(5)6/h2-5H,1H3;1H2,2H3,(H2,5,6). The highest BCUT2D eigenvalue weighted by Crippen LogP contribution is 1.80. The zero-order valence-electron chi connectivity index (χ0n) is 7.45. The van der Waals surface area contributed by atoms with Crippen molar-refractivity contribution in [3.05, 3.63) is 36.7 Å². The first-order valence-electron chi connectivity index (χ1n) is 3.56. The molecule has 0 radical (unpaired) electrons. The average molecular weight is 166 g/mol. The normalized spacial score (nSPS) is 8.17. The number of hydrogen-bond acceptors (Lipinski definition) is 1. The number of aryl methyl sites for hydroxylation is 1. The number of amides is 1. The molecule has 1 aromatic rings. The minimum atomic E-state index is -0.435. The topological polar surface area (TPSA) is 48.0 Å². The summed E-state index contributed by atoms with van der Waals surface area (Å²) in [7, 11) is 2.00. The van der Waals surface area contributed by atoms with Crippen molar-refractivity contribution >= 4 is 5.91 Å². The molecule has 0 aromatic carbocycles. The summed E-state index contributed by atoms with van der Waals surface area (Å²) >= 11 is 0. The number of carbonyl (C=O) groups is 1. The van der Waals surface area contributed by atoms with Crippen molar-refractivity contribution < 1.29 is 4.79 Å². The Balaban J connectivity index is 0.000000202. The third-order valence-corrected chi connectivity index (χ3v) is 1.17. The Bertz CT molecular complexity index is 238. The van der Waals surface area contributed by atoms with Crippen LogP contribution < -0.4 is 5.73 Å². The van der Waals surface area contributed by atoms with Gasteiger partial charge in [-0.2, -0.15) is 0 Å². The first-order chi connectivity index (χ1) is 5.54. The van der Waals surface area contributed by atoms with Crippen molar-refractivity contribution in [2.45, 2.75) is 6.92 Å². The van der Waals surface area contributed by atoms with Crippen molar-refractivity contribution in [1.29, 1.82) is 0 Å². The zero-order chi connectivity index (χ0) is 9.56. The minimum absolute atomic E-state index is 0.398. The van der Waals surface area contributed by atoms with Crippen LogP contribution >= 0.6 is 0 Å². The fourth-order valence-corrected chi connectivity index (χ4v) is 0.421. The van der Waals surface area contributed by atoms with Gasteiger partial charge in [0.15, 0.2) is 0 Å². The first kappa shape index (κ1) is 10.5. The molecular weight excluding hydrogens is 152 g/mol. The Labute approximate surface area is 72.5 Å². The number of nitrogens with zero attached hydrogens (tertiary/aromatic N) is 1. The van der Waals surface area contributed by atoms with Gasteiger partial charge in [0.25, 0.3) is 0 Å². The lowest BCUT2D eigenvalue weighted by Gasteiger charge is -1.81. The molecule has 1 heterocycles. The summed E-state index contributed by atoms with van der Waals surface area (Å²) in [6, 6.07) is 4.00. The van der Waals surface area contributed by atoms with Crippen LogP contribution in [0.15, 0.2) is 36.7 Å². The Morgan fingerprint density at radius 1 is 1.42 bits per heavy atom. The van der Waals surface area contributed by atoms with Gasteiger partial charge >= 0.3 is 0 Å². The second kappa shape index (κ2) is 5.18. The van der Waals surface area contributed by atoms with Crippen LogP contribution in [0.1, 0.15) is 6.92 Å². The molecule has 3 heteroatoms. The number of hydrogen-bond donors (Lipinski definition) is 1. The van der Waals surface area contributed by atoms with Gasteiger partial charge in [-0.3, -0.25) is 4.79 Å². The van der Waals surface area contributed by atoms with E-state index in [1.807, 2.05) is 36.1 Å². The largest absolute Gasteiger partial charge is 0.366 e. The second-order valence-electron chi connectivity index (χ2n) is 2.49. The fraction of sp³-hybridized carbons (Fsp3) is 0.222. The molecule has 0 atom stereocenters. The molecule has 0 aliphatic rings. The molecule has 0 aliphatic heterocycles. The molecule has 0 spiro atoms. The van der Waals surface area contributed by atoms with Crippen LogP contribution in [-0.2, 0) is 11.8 Å². The smallest absolute Gasteiger partial charge is 0.243 e. The summed E-state index contributed by atoms with van der Waals surface area (Å²) in [5.41, 5.74) is 5.09. The lowest BCUT2D eigenvalue weighted by molar-refractivity contribution is -0.114. The van der Waals surface area contributed by atoms with Gasteiger partial charge in [0, 0.05) is 25.0 Å². The highest BCUT2D eigenvalue weighted by Gasteiger charge is 1.86. The Morgan fingerprint density at radius 3 is 1.83 bits per heavy atom. The van der Waals surface area contributed by atoms with Gasteiger partial charge in [0.05, 0.1) is 0 Å².